The van der Waals surface area contributed by atoms with Gasteiger partial charge in [-0.1, -0.05) is 61.4 Å². The van der Waals surface area contributed by atoms with Gasteiger partial charge in [0, 0.05) is 17.4 Å². The van der Waals surface area contributed by atoms with E-state index < -0.39 is 10.0 Å². The van der Waals surface area contributed by atoms with Gasteiger partial charge in [0.05, 0.1) is 6.04 Å². The Balaban J connectivity index is 1.42. The lowest BCUT2D eigenvalue weighted by Gasteiger charge is -2.10. The van der Waals surface area contributed by atoms with Crippen LogP contribution in [-0.2, 0) is 10.0 Å². The fourth-order valence-electron chi connectivity index (χ4n) is 4.15. The van der Waals surface area contributed by atoms with Crippen molar-refractivity contribution in [3.63, 3.8) is 0 Å². The molecule has 1 heterocycles. The van der Waals surface area contributed by atoms with Crippen molar-refractivity contribution in [2.24, 2.45) is 0 Å². The fourth-order valence-corrected chi connectivity index (χ4v) is 5.37. The molecule has 0 amide bonds. The zero-order valence-electron chi connectivity index (χ0n) is 18.1. The van der Waals surface area contributed by atoms with Crippen molar-refractivity contribution in [1.82, 2.24) is 9.78 Å². The second-order valence-corrected chi connectivity index (χ2v) is 9.82. The van der Waals surface area contributed by atoms with Crippen molar-refractivity contribution in [1.29, 1.82) is 0 Å². The maximum Gasteiger partial charge on any atom is 0.265 e. The Morgan fingerprint density at radius 3 is 2.09 bits per heavy atom. The molecule has 0 unspecified atom stereocenters. The Labute approximate surface area is 193 Å². The number of aromatic nitrogens is 2. The number of sulfonamides is 1. The van der Waals surface area contributed by atoms with E-state index in [1.807, 2.05) is 65.3 Å². The first kappa shape index (κ1) is 21.3. The van der Waals surface area contributed by atoms with Crippen molar-refractivity contribution in [2.75, 3.05) is 4.72 Å². The SMILES string of the molecule is O=S(=O)(Nc1ccc(Oc2ccccc2)cc1)c1cn(C2CCCC2)nc1-c1ccccc1. The summed E-state index contributed by atoms with van der Waals surface area (Å²) in [6.45, 7) is 0. The molecule has 1 N–H and O–H groups in total. The van der Waals surface area contributed by atoms with Crippen LogP contribution in [0.5, 0.6) is 11.5 Å². The van der Waals surface area contributed by atoms with E-state index in [9.17, 15) is 8.42 Å². The predicted molar refractivity (Wildman–Crippen MR) is 129 cm³/mol. The molecule has 3 aromatic carbocycles. The van der Waals surface area contributed by atoms with Crippen LogP contribution in [-0.4, -0.2) is 18.2 Å². The molecular weight excluding hydrogens is 434 g/mol. The van der Waals surface area contributed by atoms with Crippen LogP contribution in [0.15, 0.2) is 96.0 Å². The van der Waals surface area contributed by atoms with Crippen molar-refractivity contribution in [2.45, 2.75) is 36.6 Å². The first-order valence-electron chi connectivity index (χ1n) is 11.1. The number of hydrogen-bond donors (Lipinski definition) is 1. The molecule has 4 aromatic rings. The highest BCUT2D eigenvalue weighted by Crippen LogP contribution is 2.34. The number of benzene rings is 3. The smallest absolute Gasteiger partial charge is 0.265 e. The van der Waals surface area contributed by atoms with Crippen LogP contribution >= 0.6 is 0 Å². The second-order valence-electron chi connectivity index (χ2n) is 8.17. The number of para-hydroxylation sites is 1. The summed E-state index contributed by atoms with van der Waals surface area (Å²) in [7, 11) is -3.85. The Hall–Kier alpha value is -3.58. The third-order valence-electron chi connectivity index (χ3n) is 5.82. The first-order chi connectivity index (χ1) is 16.1. The number of nitrogens with zero attached hydrogens (tertiary/aromatic N) is 2. The minimum absolute atomic E-state index is 0.185. The van der Waals surface area contributed by atoms with E-state index >= 15 is 0 Å². The lowest BCUT2D eigenvalue weighted by atomic mass is 10.2. The Morgan fingerprint density at radius 2 is 1.42 bits per heavy atom. The van der Waals surface area contributed by atoms with E-state index in [1.165, 1.54) is 0 Å². The molecule has 0 saturated heterocycles. The third-order valence-corrected chi connectivity index (χ3v) is 7.20. The van der Waals surface area contributed by atoms with Crippen LogP contribution in [0.4, 0.5) is 5.69 Å². The number of anilines is 1. The quantitative estimate of drug-likeness (QED) is 0.354. The van der Waals surface area contributed by atoms with Gasteiger partial charge >= 0.3 is 0 Å². The fraction of sp³-hybridized carbons (Fsp3) is 0.192. The summed E-state index contributed by atoms with van der Waals surface area (Å²) < 4.78 is 37.1. The number of rotatable bonds is 7. The van der Waals surface area contributed by atoms with Crippen molar-refractivity contribution >= 4 is 15.7 Å². The Kier molecular flexibility index (Phi) is 5.88. The largest absolute Gasteiger partial charge is 0.457 e. The summed E-state index contributed by atoms with van der Waals surface area (Å²) >= 11 is 0. The molecule has 0 radical (unpaired) electrons. The zero-order chi connectivity index (χ0) is 22.7. The molecule has 7 heteroatoms. The molecule has 5 rings (SSSR count). The van der Waals surface area contributed by atoms with Crippen molar-refractivity contribution in [3.8, 4) is 22.8 Å². The molecule has 0 atom stereocenters. The van der Waals surface area contributed by atoms with Gasteiger partial charge in [-0.05, 0) is 49.2 Å². The van der Waals surface area contributed by atoms with E-state index in [2.05, 4.69) is 4.72 Å². The standard InChI is InChI=1S/C26H25N3O3S/c30-33(31,28-21-15-17-24(18-16-21)32-23-13-5-2-6-14-23)25-19-29(22-11-7-8-12-22)27-26(25)20-9-3-1-4-10-20/h1-6,9-10,13-19,22,28H,7-8,11-12H2. The third kappa shape index (κ3) is 4.78. The van der Waals surface area contributed by atoms with E-state index in [4.69, 9.17) is 9.84 Å². The average molecular weight is 460 g/mol. The monoisotopic (exact) mass is 459 g/mol. The minimum atomic E-state index is -3.85. The normalized spacial score (nSPS) is 14.3. The number of hydrogen-bond acceptors (Lipinski definition) is 4. The van der Waals surface area contributed by atoms with Crippen LogP contribution in [0.2, 0.25) is 0 Å². The average Bonchev–Trinajstić information content (AvgIpc) is 3.52. The lowest BCUT2D eigenvalue weighted by molar-refractivity contribution is 0.467. The summed E-state index contributed by atoms with van der Waals surface area (Å²) in [5.74, 6) is 1.35. The summed E-state index contributed by atoms with van der Waals surface area (Å²) in [6, 6.07) is 26.0. The van der Waals surface area contributed by atoms with Crippen LogP contribution in [0.3, 0.4) is 0 Å². The van der Waals surface area contributed by atoms with Crippen molar-refractivity contribution in [3.05, 3.63) is 91.1 Å². The maximum absolute atomic E-state index is 13.4. The van der Waals surface area contributed by atoms with E-state index in [-0.39, 0.29) is 10.9 Å². The van der Waals surface area contributed by atoms with Crippen LogP contribution < -0.4 is 9.46 Å². The molecule has 1 aliphatic carbocycles. The Bertz CT molecular complexity index is 1310. The molecule has 0 aliphatic heterocycles. The number of nitrogens with one attached hydrogen (secondary N) is 1. The van der Waals surface area contributed by atoms with Crippen LogP contribution in [0, 0.1) is 0 Å². The summed E-state index contributed by atoms with van der Waals surface area (Å²) in [5, 5.41) is 4.71. The molecule has 6 nitrogen and oxygen atoms in total. The highest BCUT2D eigenvalue weighted by molar-refractivity contribution is 7.92. The van der Waals surface area contributed by atoms with Gasteiger partial charge in [0.2, 0.25) is 0 Å². The second kappa shape index (κ2) is 9.11. The van der Waals surface area contributed by atoms with Crippen LogP contribution in [0.25, 0.3) is 11.3 Å². The molecule has 1 fully saturated rings. The van der Waals surface area contributed by atoms with Gasteiger partial charge in [0.15, 0.2) is 0 Å². The zero-order valence-corrected chi connectivity index (χ0v) is 18.9. The van der Waals surface area contributed by atoms with Crippen molar-refractivity contribution < 1.29 is 13.2 Å². The van der Waals surface area contributed by atoms with Gasteiger partial charge in [-0.25, -0.2) is 8.42 Å². The van der Waals surface area contributed by atoms with Gasteiger partial charge < -0.3 is 4.74 Å². The van der Waals surface area contributed by atoms with Gasteiger partial charge in [-0.15, -0.1) is 0 Å². The molecular formula is C26H25N3O3S. The van der Waals surface area contributed by atoms with Gasteiger partial charge in [-0.3, -0.25) is 9.40 Å². The summed E-state index contributed by atoms with van der Waals surface area (Å²) in [4.78, 5) is 0.185. The predicted octanol–water partition coefficient (Wildman–Crippen LogP) is 6.26. The molecule has 1 aliphatic rings. The van der Waals surface area contributed by atoms with E-state index in [1.54, 1.807) is 30.5 Å². The lowest BCUT2D eigenvalue weighted by Crippen LogP contribution is -2.13. The molecule has 168 valence electrons. The molecule has 0 bridgehead atoms. The summed E-state index contributed by atoms with van der Waals surface area (Å²) in [5.41, 5.74) is 1.71. The minimum Gasteiger partial charge on any atom is -0.457 e. The van der Waals surface area contributed by atoms with E-state index in [0.29, 0.717) is 17.1 Å². The maximum atomic E-state index is 13.4. The molecule has 1 aromatic heterocycles. The molecule has 33 heavy (non-hydrogen) atoms. The van der Waals surface area contributed by atoms with Gasteiger partial charge in [0.1, 0.15) is 22.1 Å². The number of ether oxygens (including phenoxy) is 1. The molecule has 0 spiro atoms. The first-order valence-corrected chi connectivity index (χ1v) is 12.6. The van der Waals surface area contributed by atoms with Gasteiger partial charge in [-0.2, -0.15) is 5.10 Å². The molecule has 1 saturated carbocycles. The van der Waals surface area contributed by atoms with Crippen LogP contribution in [0.1, 0.15) is 31.7 Å². The highest BCUT2D eigenvalue weighted by Gasteiger charge is 2.27. The topological polar surface area (TPSA) is 73.2 Å². The highest BCUT2D eigenvalue weighted by atomic mass is 32.2. The van der Waals surface area contributed by atoms with Gasteiger partial charge in [0.25, 0.3) is 10.0 Å². The summed E-state index contributed by atoms with van der Waals surface area (Å²) in [6.07, 6.45) is 6.00. The van der Waals surface area contributed by atoms with E-state index in [0.717, 1.165) is 37.0 Å². The Morgan fingerprint density at radius 1 is 0.818 bits per heavy atom.